The van der Waals surface area contributed by atoms with Gasteiger partial charge in [0.05, 0.1) is 6.61 Å². The molecule has 2 N–H and O–H groups in total. The Labute approximate surface area is 118 Å². The first-order valence-corrected chi connectivity index (χ1v) is 6.35. The Morgan fingerprint density at radius 3 is 2.80 bits per heavy atom. The Morgan fingerprint density at radius 1 is 1.15 bits per heavy atom. The van der Waals surface area contributed by atoms with Gasteiger partial charge in [-0.1, -0.05) is 30.3 Å². The first kappa shape index (κ1) is 13.9. The molecule has 4 heteroatoms. The van der Waals surface area contributed by atoms with Crippen LogP contribution in [-0.4, -0.2) is 11.7 Å². The van der Waals surface area contributed by atoms with E-state index in [1.165, 1.54) is 0 Å². The third-order valence-electron chi connectivity index (χ3n) is 2.86. The Morgan fingerprint density at radius 2 is 2.00 bits per heavy atom. The molecule has 0 saturated carbocycles. The van der Waals surface area contributed by atoms with Crippen LogP contribution in [0.25, 0.3) is 0 Å². The predicted octanol–water partition coefficient (Wildman–Crippen LogP) is 2.69. The van der Waals surface area contributed by atoms with Gasteiger partial charge in [0, 0.05) is 17.8 Å². The van der Waals surface area contributed by atoms with Crippen LogP contribution in [0.3, 0.4) is 0 Å². The highest BCUT2D eigenvalue weighted by Gasteiger charge is 2.03. The Bertz CT molecular complexity index is 605. The van der Waals surface area contributed by atoms with Crippen molar-refractivity contribution in [1.82, 2.24) is 0 Å². The molecule has 0 fully saturated rings. The smallest absolute Gasteiger partial charge is 0.174 e. The van der Waals surface area contributed by atoms with Gasteiger partial charge in [0.1, 0.15) is 11.8 Å². The van der Waals surface area contributed by atoms with E-state index in [1.54, 1.807) is 0 Å². The fourth-order valence-corrected chi connectivity index (χ4v) is 1.88. The molecule has 0 aromatic heterocycles. The van der Waals surface area contributed by atoms with Crippen molar-refractivity contribution in [3.05, 3.63) is 59.7 Å². The highest BCUT2D eigenvalue weighted by Crippen LogP contribution is 2.20. The molecule has 0 amide bonds. The molecule has 0 aliphatic heterocycles. The molecule has 0 spiro atoms. The first-order valence-electron chi connectivity index (χ1n) is 6.35. The summed E-state index contributed by atoms with van der Waals surface area (Å²) < 4.78 is 5.38. The minimum absolute atomic E-state index is 0.0252. The Balaban J connectivity index is 2.05. The lowest BCUT2D eigenvalue weighted by atomic mass is 10.1. The van der Waals surface area contributed by atoms with E-state index in [-0.39, 0.29) is 13.2 Å². The van der Waals surface area contributed by atoms with Crippen molar-refractivity contribution in [2.24, 2.45) is 0 Å². The summed E-state index contributed by atoms with van der Waals surface area (Å²) >= 11 is 0. The minimum atomic E-state index is 0.0252. The highest BCUT2D eigenvalue weighted by molar-refractivity contribution is 5.47. The molecule has 0 aliphatic rings. The number of para-hydroxylation sites is 1. The largest absolute Gasteiger partial charge is 0.478 e. The third kappa shape index (κ3) is 3.74. The van der Waals surface area contributed by atoms with Gasteiger partial charge in [0.2, 0.25) is 0 Å². The summed E-state index contributed by atoms with van der Waals surface area (Å²) in [5, 5.41) is 21.0. The lowest BCUT2D eigenvalue weighted by Crippen LogP contribution is -2.03. The molecule has 0 bridgehead atoms. The van der Waals surface area contributed by atoms with Gasteiger partial charge < -0.3 is 15.2 Å². The van der Waals surface area contributed by atoms with E-state index in [2.05, 4.69) is 5.32 Å². The van der Waals surface area contributed by atoms with E-state index in [9.17, 15) is 0 Å². The molecule has 2 aromatic rings. The number of nitriles is 1. The van der Waals surface area contributed by atoms with Crippen LogP contribution in [-0.2, 0) is 13.2 Å². The van der Waals surface area contributed by atoms with Gasteiger partial charge in [-0.25, -0.2) is 0 Å². The van der Waals surface area contributed by atoms with Crippen molar-refractivity contribution in [1.29, 1.82) is 5.26 Å². The van der Waals surface area contributed by atoms with Crippen molar-refractivity contribution < 1.29 is 9.84 Å². The van der Waals surface area contributed by atoms with Gasteiger partial charge in [-0.3, -0.25) is 0 Å². The summed E-state index contributed by atoms with van der Waals surface area (Å²) in [5.41, 5.74) is 2.79. The number of benzene rings is 2. The average molecular weight is 268 g/mol. The van der Waals surface area contributed by atoms with E-state index in [0.29, 0.717) is 12.3 Å². The van der Waals surface area contributed by atoms with E-state index >= 15 is 0 Å². The maximum absolute atomic E-state index is 9.11. The molecule has 0 atom stereocenters. The number of ether oxygens (including phenoxy) is 1. The Kier molecular flexibility index (Phi) is 4.99. The van der Waals surface area contributed by atoms with Crippen LogP contribution in [0.5, 0.6) is 5.75 Å². The van der Waals surface area contributed by atoms with Gasteiger partial charge in [-0.2, -0.15) is 5.26 Å². The number of rotatable bonds is 6. The molecule has 2 rings (SSSR count). The first-order chi connectivity index (χ1) is 9.83. The highest BCUT2D eigenvalue weighted by atomic mass is 16.5. The second-order valence-electron chi connectivity index (χ2n) is 4.27. The standard InChI is InChI=1S/C16H16N2O2/c17-8-9-20-16-7-2-1-5-14(16)11-18-15-6-3-4-13(10-15)12-19/h1-7,10,18-19H,9,11-12H2. The van der Waals surface area contributed by atoms with Gasteiger partial charge >= 0.3 is 0 Å². The summed E-state index contributed by atoms with van der Waals surface area (Å²) in [6, 6.07) is 17.2. The van der Waals surface area contributed by atoms with Gasteiger partial charge in [-0.15, -0.1) is 0 Å². The second kappa shape index (κ2) is 7.17. The molecule has 20 heavy (non-hydrogen) atoms. The maximum Gasteiger partial charge on any atom is 0.174 e. The van der Waals surface area contributed by atoms with Crippen molar-refractivity contribution in [2.45, 2.75) is 13.2 Å². The molecule has 0 radical (unpaired) electrons. The molecule has 0 aliphatic carbocycles. The second-order valence-corrected chi connectivity index (χ2v) is 4.27. The van der Waals surface area contributed by atoms with Crippen molar-refractivity contribution in [2.75, 3.05) is 11.9 Å². The van der Waals surface area contributed by atoms with E-state index < -0.39 is 0 Å². The number of nitrogens with one attached hydrogen (secondary N) is 1. The van der Waals surface area contributed by atoms with Crippen molar-refractivity contribution in [3.8, 4) is 11.8 Å². The van der Waals surface area contributed by atoms with Crippen LogP contribution < -0.4 is 10.1 Å². The van der Waals surface area contributed by atoms with Gasteiger partial charge in [0.15, 0.2) is 6.61 Å². The van der Waals surface area contributed by atoms with Crippen LogP contribution in [0.1, 0.15) is 11.1 Å². The van der Waals surface area contributed by atoms with Crippen LogP contribution >= 0.6 is 0 Å². The van der Waals surface area contributed by atoms with Crippen LogP contribution in [0.2, 0.25) is 0 Å². The zero-order chi connectivity index (χ0) is 14.2. The number of hydrogen-bond acceptors (Lipinski definition) is 4. The topological polar surface area (TPSA) is 65.3 Å². The molecule has 2 aromatic carbocycles. The van der Waals surface area contributed by atoms with Gasteiger partial charge in [0.25, 0.3) is 0 Å². The number of aliphatic hydroxyl groups excluding tert-OH is 1. The van der Waals surface area contributed by atoms with E-state index in [4.69, 9.17) is 15.1 Å². The lowest BCUT2D eigenvalue weighted by molar-refractivity contribution is 0.282. The molecule has 0 saturated heterocycles. The lowest BCUT2D eigenvalue weighted by Gasteiger charge is -2.11. The summed E-state index contributed by atoms with van der Waals surface area (Å²) in [6.07, 6.45) is 0. The number of hydrogen-bond donors (Lipinski definition) is 2. The summed E-state index contributed by atoms with van der Waals surface area (Å²) in [7, 11) is 0. The fourth-order valence-electron chi connectivity index (χ4n) is 1.88. The predicted molar refractivity (Wildman–Crippen MR) is 77.2 cm³/mol. The Hall–Kier alpha value is -2.51. The molecule has 4 nitrogen and oxygen atoms in total. The molecule has 0 unspecified atom stereocenters. The molecule has 0 heterocycles. The normalized spacial score (nSPS) is 9.80. The monoisotopic (exact) mass is 268 g/mol. The minimum Gasteiger partial charge on any atom is -0.478 e. The summed E-state index contributed by atoms with van der Waals surface area (Å²) in [4.78, 5) is 0. The fraction of sp³-hybridized carbons (Fsp3) is 0.188. The third-order valence-corrected chi connectivity index (χ3v) is 2.86. The summed E-state index contributed by atoms with van der Waals surface area (Å²) in [5.74, 6) is 0.708. The van der Waals surface area contributed by atoms with Crippen LogP contribution in [0.15, 0.2) is 48.5 Å². The average Bonchev–Trinajstić information content (AvgIpc) is 2.52. The zero-order valence-electron chi connectivity index (χ0n) is 11.0. The molecular formula is C16H16N2O2. The number of anilines is 1. The van der Waals surface area contributed by atoms with E-state index in [1.807, 2.05) is 54.6 Å². The van der Waals surface area contributed by atoms with E-state index in [0.717, 1.165) is 16.8 Å². The molecular weight excluding hydrogens is 252 g/mol. The number of aliphatic hydroxyl groups is 1. The maximum atomic E-state index is 9.11. The van der Waals surface area contributed by atoms with Gasteiger partial charge in [-0.05, 0) is 23.8 Å². The van der Waals surface area contributed by atoms with Crippen LogP contribution in [0.4, 0.5) is 5.69 Å². The molecule has 102 valence electrons. The SMILES string of the molecule is N#CCOc1ccccc1CNc1cccc(CO)c1. The number of nitrogens with zero attached hydrogens (tertiary/aromatic N) is 1. The van der Waals surface area contributed by atoms with Crippen molar-refractivity contribution >= 4 is 5.69 Å². The summed E-state index contributed by atoms with van der Waals surface area (Å²) in [6.45, 7) is 0.658. The van der Waals surface area contributed by atoms with Crippen LogP contribution in [0, 0.1) is 11.3 Å². The quantitative estimate of drug-likeness (QED) is 0.845. The van der Waals surface area contributed by atoms with Crippen molar-refractivity contribution in [3.63, 3.8) is 0 Å². The zero-order valence-corrected chi connectivity index (χ0v) is 11.0.